The monoisotopic (exact) mass is 414 g/mol. The molecule has 1 amide bonds. The Hall–Kier alpha value is -2.56. The van der Waals surface area contributed by atoms with E-state index in [1.54, 1.807) is 25.6 Å². The molecule has 0 bridgehead atoms. The lowest BCUT2D eigenvalue weighted by atomic mass is 9.96. The predicted molar refractivity (Wildman–Crippen MR) is 114 cm³/mol. The second kappa shape index (κ2) is 9.77. The van der Waals surface area contributed by atoms with E-state index in [4.69, 9.17) is 9.47 Å². The van der Waals surface area contributed by atoms with Crippen molar-refractivity contribution in [1.29, 1.82) is 5.26 Å². The van der Waals surface area contributed by atoms with Gasteiger partial charge in [0.2, 0.25) is 5.91 Å². The fraction of sp³-hybridized carbons (Fsp3) is 0.455. The number of nitrogens with one attached hydrogen (secondary N) is 2. The molecule has 29 heavy (non-hydrogen) atoms. The van der Waals surface area contributed by atoms with Gasteiger partial charge in [-0.1, -0.05) is 0 Å². The molecule has 1 aliphatic carbocycles. The van der Waals surface area contributed by atoms with Crippen molar-refractivity contribution >= 4 is 22.2 Å². The van der Waals surface area contributed by atoms with Crippen LogP contribution in [0, 0.1) is 11.3 Å². The summed E-state index contributed by atoms with van der Waals surface area (Å²) < 4.78 is 10.7. The number of methoxy groups -OCH3 is 2. The highest BCUT2D eigenvalue weighted by Gasteiger charge is 2.22. The Morgan fingerprint density at radius 3 is 2.79 bits per heavy atom. The zero-order valence-corrected chi connectivity index (χ0v) is 18.1. The number of aryl methyl sites for hydroxylation is 1. The van der Waals surface area contributed by atoms with Crippen LogP contribution in [0.15, 0.2) is 18.2 Å². The SMILES string of the molecule is COc1ccc(C[NH+](C)CCC(=O)Nc2sc3c(c2C#N)CCCC3)c(OC)c1. The van der Waals surface area contributed by atoms with Crippen LogP contribution in [-0.4, -0.2) is 33.7 Å². The summed E-state index contributed by atoms with van der Waals surface area (Å²) in [6.45, 7) is 1.44. The number of amides is 1. The third kappa shape index (κ3) is 5.08. The van der Waals surface area contributed by atoms with Crippen LogP contribution in [0.1, 0.15) is 40.8 Å². The summed E-state index contributed by atoms with van der Waals surface area (Å²) >= 11 is 1.57. The van der Waals surface area contributed by atoms with Crippen molar-refractivity contribution in [3.8, 4) is 17.6 Å². The number of hydrogen-bond donors (Lipinski definition) is 2. The van der Waals surface area contributed by atoms with Gasteiger partial charge in [-0.15, -0.1) is 11.3 Å². The van der Waals surface area contributed by atoms with Gasteiger partial charge in [-0.2, -0.15) is 5.26 Å². The van der Waals surface area contributed by atoms with E-state index in [9.17, 15) is 10.1 Å². The standard InChI is InChI=1S/C22H27N3O3S/c1-25(14-15-8-9-16(27-2)12-19(15)28-3)11-10-21(26)24-22-18(13-23)17-6-4-5-7-20(17)29-22/h8-9,12H,4-7,10-11,14H2,1-3H3,(H,24,26)/p+1. The second-order valence-corrected chi connectivity index (χ2v) is 8.49. The lowest BCUT2D eigenvalue weighted by Crippen LogP contribution is -3.07. The van der Waals surface area contributed by atoms with E-state index < -0.39 is 0 Å². The zero-order chi connectivity index (χ0) is 20.8. The van der Waals surface area contributed by atoms with Crippen molar-refractivity contribution in [3.05, 3.63) is 39.8 Å². The molecule has 0 radical (unpaired) electrons. The minimum Gasteiger partial charge on any atom is -0.497 e. The predicted octanol–water partition coefficient (Wildman–Crippen LogP) is 2.56. The number of nitriles is 1. The summed E-state index contributed by atoms with van der Waals surface area (Å²) in [4.78, 5) is 15.0. The lowest BCUT2D eigenvalue weighted by molar-refractivity contribution is -0.893. The summed E-state index contributed by atoms with van der Waals surface area (Å²) in [6, 6.07) is 8.08. The van der Waals surface area contributed by atoms with E-state index in [0.717, 1.165) is 59.9 Å². The van der Waals surface area contributed by atoms with Crippen molar-refractivity contribution in [2.24, 2.45) is 0 Å². The Labute approximate surface area is 176 Å². The summed E-state index contributed by atoms with van der Waals surface area (Å²) in [7, 11) is 5.34. The average molecular weight is 415 g/mol. The number of carbonyl (C=O) groups excluding carboxylic acids is 1. The number of nitrogens with zero attached hydrogens (tertiary/aromatic N) is 1. The number of thiophene rings is 1. The molecule has 0 aliphatic heterocycles. The van der Waals surface area contributed by atoms with Gasteiger partial charge in [0.25, 0.3) is 0 Å². The molecule has 1 aromatic carbocycles. The Morgan fingerprint density at radius 2 is 2.07 bits per heavy atom. The second-order valence-electron chi connectivity index (χ2n) is 7.39. The summed E-state index contributed by atoms with van der Waals surface area (Å²) in [5.74, 6) is 1.51. The van der Waals surface area contributed by atoms with Crippen LogP contribution in [-0.2, 0) is 24.2 Å². The van der Waals surface area contributed by atoms with Crippen molar-refractivity contribution in [2.75, 3.05) is 33.1 Å². The molecule has 3 rings (SSSR count). The molecule has 0 saturated carbocycles. The van der Waals surface area contributed by atoms with Crippen molar-refractivity contribution in [1.82, 2.24) is 0 Å². The molecule has 1 unspecified atom stereocenters. The summed E-state index contributed by atoms with van der Waals surface area (Å²) in [5.41, 5.74) is 2.89. The van der Waals surface area contributed by atoms with Gasteiger partial charge >= 0.3 is 0 Å². The maximum Gasteiger partial charge on any atom is 0.230 e. The molecular weight excluding hydrogens is 386 g/mol. The van der Waals surface area contributed by atoms with Crippen molar-refractivity contribution in [2.45, 2.75) is 38.6 Å². The lowest BCUT2D eigenvalue weighted by Gasteiger charge is -2.16. The minimum atomic E-state index is -0.0406. The topological polar surface area (TPSA) is 75.8 Å². The van der Waals surface area contributed by atoms with Gasteiger partial charge in [0.1, 0.15) is 29.1 Å². The summed E-state index contributed by atoms with van der Waals surface area (Å²) in [6.07, 6.45) is 4.64. The van der Waals surface area contributed by atoms with Crippen LogP contribution >= 0.6 is 11.3 Å². The molecule has 7 heteroatoms. The number of hydrogen-bond acceptors (Lipinski definition) is 5. The van der Waals surface area contributed by atoms with Gasteiger partial charge in [-0.3, -0.25) is 4.79 Å². The van der Waals surface area contributed by atoms with Gasteiger partial charge in [-0.25, -0.2) is 0 Å². The van der Waals surface area contributed by atoms with Crippen LogP contribution < -0.4 is 19.7 Å². The summed E-state index contributed by atoms with van der Waals surface area (Å²) in [5, 5.41) is 13.2. The van der Waals surface area contributed by atoms with E-state index in [2.05, 4.69) is 18.4 Å². The van der Waals surface area contributed by atoms with Crippen LogP contribution in [0.2, 0.25) is 0 Å². The number of anilines is 1. The molecule has 1 aliphatic rings. The number of fused-ring (bicyclic) bond motifs is 1. The normalized spacial score (nSPS) is 13.9. The fourth-order valence-electron chi connectivity index (χ4n) is 3.70. The Balaban J connectivity index is 1.56. The Bertz CT molecular complexity index is 917. The van der Waals surface area contributed by atoms with Crippen LogP contribution in [0.3, 0.4) is 0 Å². The molecule has 0 spiro atoms. The smallest absolute Gasteiger partial charge is 0.230 e. The highest BCUT2D eigenvalue weighted by molar-refractivity contribution is 7.16. The molecule has 1 aromatic heterocycles. The number of ether oxygens (including phenoxy) is 2. The molecule has 1 atom stereocenters. The van der Waals surface area contributed by atoms with E-state index >= 15 is 0 Å². The molecule has 2 N–H and O–H groups in total. The quantitative estimate of drug-likeness (QED) is 0.696. The first kappa shape index (κ1) is 21.2. The van der Waals surface area contributed by atoms with Crippen molar-refractivity contribution < 1.29 is 19.2 Å². The fourth-order valence-corrected chi connectivity index (χ4v) is 4.96. The highest BCUT2D eigenvalue weighted by atomic mass is 32.1. The van der Waals surface area contributed by atoms with Gasteiger partial charge in [0.15, 0.2) is 0 Å². The first-order chi connectivity index (χ1) is 14.0. The van der Waals surface area contributed by atoms with Crippen LogP contribution in [0.25, 0.3) is 0 Å². The first-order valence-corrected chi connectivity index (χ1v) is 10.7. The highest BCUT2D eigenvalue weighted by Crippen LogP contribution is 2.37. The Morgan fingerprint density at radius 1 is 1.28 bits per heavy atom. The number of quaternary nitrogens is 1. The van der Waals surface area contributed by atoms with E-state index in [-0.39, 0.29) is 5.91 Å². The zero-order valence-electron chi connectivity index (χ0n) is 17.3. The molecule has 0 saturated heterocycles. The number of benzene rings is 1. The van der Waals surface area contributed by atoms with Crippen LogP contribution in [0.5, 0.6) is 11.5 Å². The minimum absolute atomic E-state index is 0.0406. The van der Waals surface area contributed by atoms with E-state index in [1.165, 1.54) is 9.78 Å². The van der Waals surface area contributed by atoms with Gasteiger partial charge in [0, 0.05) is 16.5 Å². The third-order valence-electron chi connectivity index (χ3n) is 5.30. The molecule has 154 valence electrons. The number of rotatable bonds is 8. The number of carbonyl (C=O) groups is 1. The third-order valence-corrected chi connectivity index (χ3v) is 6.51. The maximum absolute atomic E-state index is 12.5. The molecular formula is C22H28N3O3S+. The maximum atomic E-state index is 12.5. The van der Waals surface area contributed by atoms with Gasteiger partial charge < -0.3 is 19.7 Å². The largest absolute Gasteiger partial charge is 0.497 e. The molecule has 2 aromatic rings. The van der Waals surface area contributed by atoms with E-state index in [0.29, 0.717) is 18.5 Å². The van der Waals surface area contributed by atoms with Crippen LogP contribution in [0.4, 0.5) is 5.00 Å². The van der Waals surface area contributed by atoms with Crippen molar-refractivity contribution in [3.63, 3.8) is 0 Å². The van der Waals surface area contributed by atoms with Gasteiger partial charge in [-0.05, 0) is 43.4 Å². The average Bonchev–Trinajstić information content (AvgIpc) is 3.09. The molecule has 6 nitrogen and oxygen atoms in total. The molecule has 1 heterocycles. The van der Waals surface area contributed by atoms with Gasteiger partial charge in [0.05, 0.1) is 39.8 Å². The Kier molecular flexibility index (Phi) is 7.13. The molecule has 0 fully saturated rings. The first-order valence-electron chi connectivity index (χ1n) is 9.92. The van der Waals surface area contributed by atoms with E-state index in [1.807, 2.05) is 18.2 Å².